The molecule has 5 heteroatoms. The molecule has 2 aromatic rings. The molecule has 0 fully saturated rings. The van der Waals surface area contributed by atoms with E-state index in [1.807, 2.05) is 35.1 Å². The number of ether oxygens (including phenoxy) is 1. The van der Waals surface area contributed by atoms with Gasteiger partial charge in [-0.2, -0.15) is 5.10 Å². The summed E-state index contributed by atoms with van der Waals surface area (Å²) >= 11 is 6.23. The second-order valence-electron chi connectivity index (χ2n) is 4.89. The molecule has 2 rings (SSSR count). The van der Waals surface area contributed by atoms with Crippen molar-refractivity contribution in [2.75, 3.05) is 20.3 Å². The molecule has 0 atom stereocenters. The molecule has 0 aliphatic carbocycles. The van der Waals surface area contributed by atoms with Crippen LogP contribution in [0.1, 0.15) is 23.7 Å². The van der Waals surface area contributed by atoms with Gasteiger partial charge in [0.25, 0.3) is 0 Å². The maximum Gasteiger partial charge on any atom is 0.0677 e. The van der Waals surface area contributed by atoms with E-state index in [0.717, 1.165) is 36.7 Å². The molecule has 1 N–H and O–H groups in total. The quantitative estimate of drug-likeness (QED) is 0.762. The third kappa shape index (κ3) is 4.30. The van der Waals surface area contributed by atoms with Crippen LogP contribution in [-0.4, -0.2) is 30.0 Å². The molecule has 0 aliphatic heterocycles. The number of rotatable bonds is 8. The summed E-state index contributed by atoms with van der Waals surface area (Å²) in [4.78, 5) is 0. The Morgan fingerprint density at radius 1 is 1.29 bits per heavy atom. The number of hydrogen-bond donors (Lipinski definition) is 1. The van der Waals surface area contributed by atoms with E-state index in [-0.39, 0.29) is 0 Å². The zero-order valence-electron chi connectivity index (χ0n) is 12.6. The van der Waals surface area contributed by atoms with Crippen LogP contribution in [0.25, 0.3) is 0 Å². The molecule has 0 saturated carbocycles. The lowest BCUT2D eigenvalue weighted by atomic mass is 10.2. The Morgan fingerprint density at radius 3 is 2.81 bits per heavy atom. The van der Waals surface area contributed by atoms with Gasteiger partial charge in [-0.25, -0.2) is 0 Å². The Balaban J connectivity index is 2.07. The number of hydrogen-bond acceptors (Lipinski definition) is 3. The molecule has 0 aliphatic rings. The number of benzene rings is 1. The van der Waals surface area contributed by atoms with Crippen LogP contribution in [0.4, 0.5) is 0 Å². The topological polar surface area (TPSA) is 39.1 Å². The average molecular weight is 308 g/mol. The summed E-state index contributed by atoms with van der Waals surface area (Å²) in [6.07, 6.45) is 2.89. The van der Waals surface area contributed by atoms with E-state index in [1.165, 1.54) is 11.3 Å². The van der Waals surface area contributed by atoms with Crippen LogP contribution in [0.2, 0.25) is 5.02 Å². The fourth-order valence-corrected chi connectivity index (χ4v) is 2.52. The molecule has 0 radical (unpaired) electrons. The van der Waals surface area contributed by atoms with Crippen molar-refractivity contribution in [3.8, 4) is 0 Å². The third-order valence-electron chi connectivity index (χ3n) is 3.45. The predicted octanol–water partition coefficient (Wildman–Crippen LogP) is 2.88. The number of nitrogens with zero attached hydrogens (tertiary/aromatic N) is 2. The van der Waals surface area contributed by atoms with Crippen molar-refractivity contribution in [1.29, 1.82) is 0 Å². The van der Waals surface area contributed by atoms with Gasteiger partial charge < -0.3 is 10.1 Å². The minimum absolute atomic E-state index is 0.709. The fraction of sp³-hybridized carbons (Fsp3) is 0.438. The van der Waals surface area contributed by atoms with Crippen molar-refractivity contribution in [2.45, 2.75) is 26.4 Å². The molecule has 0 saturated heterocycles. The molecule has 114 valence electrons. The molecular formula is C16H22ClN3O. The molecule has 1 aromatic heterocycles. The van der Waals surface area contributed by atoms with Gasteiger partial charge in [0.1, 0.15) is 0 Å². The molecule has 1 heterocycles. The maximum atomic E-state index is 6.23. The van der Waals surface area contributed by atoms with E-state index in [2.05, 4.69) is 17.3 Å². The standard InChI is InChI=1S/C16H22ClN3O/c1-3-16-14(10-18-8-9-21-2)11-19-20(16)12-13-6-4-5-7-15(13)17/h4-7,11,18H,3,8-10,12H2,1-2H3. The van der Waals surface area contributed by atoms with Crippen molar-refractivity contribution in [3.05, 3.63) is 52.3 Å². The Bertz CT molecular complexity index is 568. The normalized spacial score (nSPS) is 11.0. The van der Waals surface area contributed by atoms with E-state index >= 15 is 0 Å². The van der Waals surface area contributed by atoms with Crippen molar-refractivity contribution in [1.82, 2.24) is 15.1 Å². The minimum atomic E-state index is 0.709. The lowest BCUT2D eigenvalue weighted by Crippen LogP contribution is -2.19. The number of methoxy groups -OCH3 is 1. The minimum Gasteiger partial charge on any atom is -0.383 e. The second kappa shape index (κ2) is 8.17. The summed E-state index contributed by atoms with van der Waals surface area (Å²) in [5.74, 6) is 0. The first-order valence-corrected chi connectivity index (χ1v) is 7.60. The highest BCUT2D eigenvalue weighted by atomic mass is 35.5. The van der Waals surface area contributed by atoms with E-state index in [0.29, 0.717) is 6.54 Å². The van der Waals surface area contributed by atoms with Crippen LogP contribution in [0.15, 0.2) is 30.5 Å². The number of halogens is 1. The van der Waals surface area contributed by atoms with Crippen LogP contribution < -0.4 is 5.32 Å². The average Bonchev–Trinajstić information content (AvgIpc) is 2.88. The van der Waals surface area contributed by atoms with Crippen LogP contribution >= 0.6 is 11.6 Å². The number of aromatic nitrogens is 2. The smallest absolute Gasteiger partial charge is 0.0677 e. The molecule has 0 spiro atoms. The number of nitrogens with one attached hydrogen (secondary N) is 1. The first kappa shape index (κ1) is 16.0. The van der Waals surface area contributed by atoms with Gasteiger partial charge in [0.05, 0.1) is 19.3 Å². The van der Waals surface area contributed by atoms with Gasteiger partial charge in [0.2, 0.25) is 0 Å². The van der Waals surface area contributed by atoms with Crippen molar-refractivity contribution in [3.63, 3.8) is 0 Å². The monoisotopic (exact) mass is 307 g/mol. The molecular weight excluding hydrogens is 286 g/mol. The van der Waals surface area contributed by atoms with Gasteiger partial charge in [-0.05, 0) is 18.1 Å². The summed E-state index contributed by atoms with van der Waals surface area (Å²) in [6, 6.07) is 7.91. The lowest BCUT2D eigenvalue weighted by Gasteiger charge is -2.10. The second-order valence-corrected chi connectivity index (χ2v) is 5.30. The first-order chi connectivity index (χ1) is 10.3. The Kier molecular flexibility index (Phi) is 6.23. The highest BCUT2D eigenvalue weighted by Gasteiger charge is 2.10. The summed E-state index contributed by atoms with van der Waals surface area (Å²) < 4.78 is 7.07. The van der Waals surface area contributed by atoms with Gasteiger partial charge in [0, 0.05) is 36.5 Å². The summed E-state index contributed by atoms with van der Waals surface area (Å²) in [5.41, 5.74) is 3.58. The summed E-state index contributed by atoms with van der Waals surface area (Å²) in [7, 11) is 1.71. The maximum absolute atomic E-state index is 6.23. The first-order valence-electron chi connectivity index (χ1n) is 7.22. The van der Waals surface area contributed by atoms with Gasteiger partial charge >= 0.3 is 0 Å². The van der Waals surface area contributed by atoms with Crippen LogP contribution in [0.3, 0.4) is 0 Å². The lowest BCUT2D eigenvalue weighted by molar-refractivity contribution is 0.199. The van der Waals surface area contributed by atoms with Crippen LogP contribution in [-0.2, 0) is 24.2 Å². The highest BCUT2D eigenvalue weighted by Crippen LogP contribution is 2.18. The highest BCUT2D eigenvalue weighted by molar-refractivity contribution is 6.31. The molecule has 21 heavy (non-hydrogen) atoms. The van der Waals surface area contributed by atoms with Gasteiger partial charge in [0.15, 0.2) is 0 Å². The summed E-state index contributed by atoms with van der Waals surface area (Å²) in [5, 5.41) is 8.66. The van der Waals surface area contributed by atoms with Crippen molar-refractivity contribution >= 4 is 11.6 Å². The van der Waals surface area contributed by atoms with Crippen molar-refractivity contribution in [2.24, 2.45) is 0 Å². The van der Waals surface area contributed by atoms with Gasteiger partial charge in [-0.15, -0.1) is 0 Å². The molecule has 1 aromatic carbocycles. The van der Waals surface area contributed by atoms with E-state index in [9.17, 15) is 0 Å². The van der Waals surface area contributed by atoms with Gasteiger partial charge in [-0.1, -0.05) is 36.7 Å². The Hall–Kier alpha value is -1.36. The van der Waals surface area contributed by atoms with E-state index in [4.69, 9.17) is 16.3 Å². The molecule has 0 amide bonds. The third-order valence-corrected chi connectivity index (χ3v) is 3.82. The van der Waals surface area contributed by atoms with Crippen molar-refractivity contribution < 1.29 is 4.74 Å². The fourth-order valence-electron chi connectivity index (χ4n) is 2.33. The van der Waals surface area contributed by atoms with E-state index < -0.39 is 0 Å². The molecule has 0 bridgehead atoms. The SMILES string of the molecule is CCc1c(CNCCOC)cnn1Cc1ccccc1Cl. The van der Waals surface area contributed by atoms with Gasteiger partial charge in [-0.3, -0.25) is 4.68 Å². The van der Waals surface area contributed by atoms with Crippen LogP contribution in [0, 0.1) is 0 Å². The molecule has 4 nitrogen and oxygen atoms in total. The summed E-state index contributed by atoms with van der Waals surface area (Å²) in [6.45, 7) is 5.24. The Labute approximate surface area is 131 Å². The van der Waals surface area contributed by atoms with Crippen LogP contribution in [0.5, 0.6) is 0 Å². The zero-order chi connectivity index (χ0) is 15.1. The predicted molar refractivity (Wildman–Crippen MR) is 85.7 cm³/mol. The zero-order valence-corrected chi connectivity index (χ0v) is 13.4. The van der Waals surface area contributed by atoms with E-state index in [1.54, 1.807) is 7.11 Å². The largest absolute Gasteiger partial charge is 0.383 e. The Morgan fingerprint density at radius 2 is 2.10 bits per heavy atom. The molecule has 0 unspecified atom stereocenters.